The number of methoxy groups -OCH3 is 1. The molecule has 2 aromatic heterocycles. The minimum Gasteiger partial charge on any atom is -0.488 e. The Morgan fingerprint density at radius 1 is 1.19 bits per heavy atom. The number of nitrogens with zero attached hydrogens (tertiary/aromatic N) is 2. The van der Waals surface area contributed by atoms with Crippen molar-refractivity contribution in [2.24, 2.45) is 5.92 Å². The van der Waals surface area contributed by atoms with Crippen molar-refractivity contribution in [1.29, 1.82) is 0 Å². The molecule has 2 fully saturated rings. The van der Waals surface area contributed by atoms with E-state index in [-0.39, 0.29) is 23.9 Å². The maximum absolute atomic E-state index is 14.2. The van der Waals surface area contributed by atoms with Crippen LogP contribution in [0.25, 0.3) is 10.2 Å². The molecule has 1 aliphatic carbocycles. The predicted molar refractivity (Wildman–Crippen MR) is 143 cm³/mol. The number of halogens is 1. The minimum atomic E-state index is -0.363. The van der Waals surface area contributed by atoms with Crippen LogP contribution in [0, 0.1) is 18.7 Å². The van der Waals surface area contributed by atoms with E-state index >= 15 is 0 Å². The van der Waals surface area contributed by atoms with Crippen LogP contribution in [0.5, 0.6) is 5.75 Å². The van der Waals surface area contributed by atoms with Gasteiger partial charge in [-0.1, -0.05) is 0 Å². The van der Waals surface area contributed by atoms with E-state index in [1.165, 1.54) is 29.8 Å². The van der Waals surface area contributed by atoms with Crippen molar-refractivity contribution in [3.8, 4) is 5.75 Å². The van der Waals surface area contributed by atoms with Crippen LogP contribution < -0.4 is 20.7 Å². The van der Waals surface area contributed by atoms with E-state index in [1.54, 1.807) is 13.2 Å². The summed E-state index contributed by atoms with van der Waals surface area (Å²) in [5.41, 5.74) is 1.45. The number of carbonyl (C=O) groups is 1. The zero-order valence-corrected chi connectivity index (χ0v) is 22.1. The Balaban J connectivity index is 1.35. The van der Waals surface area contributed by atoms with Crippen LogP contribution >= 0.6 is 11.3 Å². The Labute approximate surface area is 220 Å². The van der Waals surface area contributed by atoms with Gasteiger partial charge in [-0.05, 0) is 82.2 Å². The number of piperidine rings is 1. The summed E-state index contributed by atoms with van der Waals surface area (Å²) in [6.07, 6.45) is 7.53. The third-order valence-electron chi connectivity index (χ3n) is 7.33. The van der Waals surface area contributed by atoms with E-state index in [2.05, 4.69) is 25.9 Å². The van der Waals surface area contributed by atoms with Gasteiger partial charge in [-0.2, -0.15) is 0 Å². The summed E-state index contributed by atoms with van der Waals surface area (Å²) in [7, 11) is 1.73. The highest BCUT2D eigenvalue weighted by Gasteiger charge is 2.24. The zero-order chi connectivity index (χ0) is 25.8. The van der Waals surface area contributed by atoms with Gasteiger partial charge in [0.1, 0.15) is 28.5 Å². The molecule has 5 rings (SSSR count). The average molecular weight is 528 g/mol. The molecule has 2 aliphatic rings. The molecule has 1 unspecified atom stereocenters. The van der Waals surface area contributed by atoms with Gasteiger partial charge in [0, 0.05) is 19.7 Å². The molecule has 3 N–H and O–H groups in total. The number of aryl methyl sites for hydroxylation is 1. The van der Waals surface area contributed by atoms with Crippen LogP contribution in [0.2, 0.25) is 0 Å². The number of rotatable bonds is 8. The Hall–Kier alpha value is -2.82. The largest absolute Gasteiger partial charge is 0.488 e. The molecular formula is C27H34FN5O3S. The summed E-state index contributed by atoms with van der Waals surface area (Å²) in [4.78, 5) is 23.3. The van der Waals surface area contributed by atoms with Crippen molar-refractivity contribution in [3.63, 3.8) is 0 Å². The van der Waals surface area contributed by atoms with Gasteiger partial charge in [-0.15, -0.1) is 11.3 Å². The molecule has 10 heteroatoms. The number of fused-ring (bicyclic) bond motifs is 1. The quantitative estimate of drug-likeness (QED) is 0.381. The maximum atomic E-state index is 14.2. The van der Waals surface area contributed by atoms with Gasteiger partial charge in [-0.3, -0.25) is 4.79 Å². The number of amides is 1. The van der Waals surface area contributed by atoms with Crippen LogP contribution in [0.15, 0.2) is 24.5 Å². The van der Waals surface area contributed by atoms with Gasteiger partial charge < -0.3 is 25.4 Å². The standard InChI is InChI=1S/C27H34FN5O3S/c1-16-23-25(31-15-32-27(23)37-24(16)26(34)30-14-17-4-3-11-29-13-17)33-21-10-5-18(28)12-22(21)36-20-8-6-19(35-2)7-9-20/h5,10,12,15,17,19-20,29H,3-4,6-9,11,13-14H2,1-2H3,(H,30,34)(H,31,32,33)/t17?,19-,20-. The monoisotopic (exact) mass is 527 g/mol. The van der Waals surface area contributed by atoms with Crippen LogP contribution in [0.3, 0.4) is 0 Å². The topological polar surface area (TPSA) is 97.4 Å². The molecule has 3 aromatic rings. The lowest BCUT2D eigenvalue weighted by molar-refractivity contribution is 0.0329. The normalized spacial score (nSPS) is 22.1. The molecule has 0 radical (unpaired) electrons. The second-order valence-corrected chi connectivity index (χ2v) is 10.9. The summed E-state index contributed by atoms with van der Waals surface area (Å²) in [6, 6.07) is 4.46. The number of carbonyl (C=O) groups excluding carboxylic acids is 1. The van der Waals surface area contributed by atoms with E-state index in [0.717, 1.165) is 67.4 Å². The van der Waals surface area contributed by atoms with E-state index in [4.69, 9.17) is 9.47 Å². The molecule has 8 nitrogen and oxygen atoms in total. The van der Waals surface area contributed by atoms with Crippen molar-refractivity contribution >= 4 is 39.0 Å². The molecule has 1 saturated heterocycles. The first-order valence-electron chi connectivity index (χ1n) is 13.0. The van der Waals surface area contributed by atoms with Gasteiger partial charge in [-0.25, -0.2) is 14.4 Å². The van der Waals surface area contributed by atoms with Gasteiger partial charge in [0.25, 0.3) is 5.91 Å². The van der Waals surface area contributed by atoms with E-state index in [0.29, 0.717) is 34.6 Å². The van der Waals surface area contributed by atoms with Crippen molar-refractivity contribution in [3.05, 3.63) is 40.8 Å². The van der Waals surface area contributed by atoms with Crippen molar-refractivity contribution < 1.29 is 18.7 Å². The number of aromatic nitrogens is 2. The number of hydrogen-bond acceptors (Lipinski definition) is 8. The van der Waals surface area contributed by atoms with Crippen molar-refractivity contribution in [1.82, 2.24) is 20.6 Å². The summed E-state index contributed by atoms with van der Waals surface area (Å²) in [5.74, 6) is 1.01. The molecule has 1 saturated carbocycles. The molecule has 1 atom stereocenters. The van der Waals surface area contributed by atoms with Gasteiger partial charge >= 0.3 is 0 Å². The summed E-state index contributed by atoms with van der Waals surface area (Å²) in [6.45, 7) is 4.55. The molecule has 1 amide bonds. The highest BCUT2D eigenvalue weighted by Crippen LogP contribution is 2.37. The Kier molecular flexibility index (Phi) is 8.17. The van der Waals surface area contributed by atoms with Crippen molar-refractivity contribution in [2.45, 2.75) is 57.7 Å². The highest BCUT2D eigenvalue weighted by atomic mass is 32.1. The molecule has 3 heterocycles. The average Bonchev–Trinajstić information content (AvgIpc) is 3.27. The van der Waals surface area contributed by atoms with Gasteiger partial charge in [0.2, 0.25) is 0 Å². The molecule has 1 aliphatic heterocycles. The SMILES string of the molecule is CO[C@H]1CC[C@H](Oc2cc(F)ccc2Nc2ncnc3sc(C(=O)NCC4CCCNC4)c(C)c23)CC1. The Morgan fingerprint density at radius 3 is 2.76 bits per heavy atom. The first kappa shape index (κ1) is 25.8. The van der Waals surface area contributed by atoms with E-state index in [9.17, 15) is 9.18 Å². The van der Waals surface area contributed by atoms with Crippen LogP contribution in [0.1, 0.15) is 53.8 Å². The first-order valence-corrected chi connectivity index (χ1v) is 13.8. The fourth-order valence-electron chi connectivity index (χ4n) is 5.19. The fraction of sp³-hybridized carbons (Fsp3) is 0.519. The summed E-state index contributed by atoms with van der Waals surface area (Å²) >= 11 is 1.36. The predicted octanol–water partition coefficient (Wildman–Crippen LogP) is 4.95. The fourth-order valence-corrected chi connectivity index (χ4v) is 6.25. The molecule has 198 valence electrons. The van der Waals surface area contributed by atoms with Gasteiger partial charge in [0.05, 0.1) is 28.2 Å². The summed E-state index contributed by atoms with van der Waals surface area (Å²) < 4.78 is 25.9. The van der Waals surface area contributed by atoms with Crippen LogP contribution in [0.4, 0.5) is 15.9 Å². The van der Waals surface area contributed by atoms with E-state index in [1.807, 2.05) is 6.92 Å². The lowest BCUT2D eigenvalue weighted by Crippen LogP contribution is -2.38. The number of hydrogen-bond donors (Lipinski definition) is 3. The van der Waals surface area contributed by atoms with E-state index < -0.39 is 0 Å². The van der Waals surface area contributed by atoms with Crippen molar-refractivity contribution in [2.75, 3.05) is 32.1 Å². The first-order chi connectivity index (χ1) is 18.0. The van der Waals surface area contributed by atoms with Crippen LogP contribution in [-0.2, 0) is 4.74 Å². The Bertz CT molecular complexity index is 1240. The molecular weight excluding hydrogens is 493 g/mol. The molecule has 37 heavy (non-hydrogen) atoms. The second-order valence-electron chi connectivity index (χ2n) is 9.90. The smallest absolute Gasteiger partial charge is 0.261 e. The number of anilines is 2. The zero-order valence-electron chi connectivity index (χ0n) is 21.3. The lowest BCUT2D eigenvalue weighted by Gasteiger charge is -2.28. The Morgan fingerprint density at radius 2 is 2.00 bits per heavy atom. The molecule has 1 aromatic carbocycles. The summed E-state index contributed by atoms with van der Waals surface area (Å²) in [5, 5.41) is 10.6. The third kappa shape index (κ3) is 6.02. The maximum Gasteiger partial charge on any atom is 0.261 e. The number of ether oxygens (including phenoxy) is 2. The number of benzene rings is 1. The molecule has 0 bridgehead atoms. The minimum absolute atomic E-state index is 0.00304. The molecule has 0 spiro atoms. The second kappa shape index (κ2) is 11.7. The highest BCUT2D eigenvalue weighted by molar-refractivity contribution is 7.20. The number of nitrogens with one attached hydrogen (secondary N) is 3. The van der Waals surface area contributed by atoms with Gasteiger partial charge in [0.15, 0.2) is 0 Å². The van der Waals surface area contributed by atoms with Crippen LogP contribution in [-0.4, -0.2) is 54.8 Å². The lowest BCUT2D eigenvalue weighted by atomic mass is 9.95. The third-order valence-corrected chi connectivity index (χ3v) is 8.53. The number of thiophene rings is 1.